The minimum atomic E-state index is 0.0407. The summed E-state index contributed by atoms with van der Waals surface area (Å²) in [5, 5.41) is 2.86. The summed E-state index contributed by atoms with van der Waals surface area (Å²) in [7, 11) is 0. The lowest BCUT2D eigenvalue weighted by Crippen LogP contribution is -2.37. The lowest BCUT2D eigenvalue weighted by Gasteiger charge is -2.26. The van der Waals surface area contributed by atoms with Gasteiger partial charge >= 0.3 is 0 Å². The van der Waals surface area contributed by atoms with E-state index in [0.717, 1.165) is 69.4 Å². The van der Waals surface area contributed by atoms with Crippen LogP contribution in [0.2, 0.25) is 0 Å². The van der Waals surface area contributed by atoms with Gasteiger partial charge in [0.25, 0.3) is 0 Å². The zero-order chi connectivity index (χ0) is 17.6. The van der Waals surface area contributed by atoms with Gasteiger partial charge in [-0.05, 0) is 32.6 Å². The molecule has 0 saturated carbocycles. The Morgan fingerprint density at radius 2 is 1.88 bits per heavy atom. The molecule has 140 valence electrons. The van der Waals surface area contributed by atoms with Gasteiger partial charge in [0.2, 0.25) is 5.91 Å². The van der Waals surface area contributed by atoms with E-state index < -0.39 is 0 Å². The van der Waals surface area contributed by atoms with Crippen molar-refractivity contribution in [2.45, 2.75) is 58.3 Å². The lowest BCUT2D eigenvalue weighted by atomic mass is 10.2. The van der Waals surface area contributed by atoms with Crippen LogP contribution in [0.4, 0.5) is 5.13 Å². The first-order valence-corrected chi connectivity index (χ1v) is 10.2. The third-order valence-corrected chi connectivity index (χ3v) is 5.74. The Balaban J connectivity index is 1.63. The molecule has 0 spiro atoms. The van der Waals surface area contributed by atoms with Crippen LogP contribution in [-0.2, 0) is 20.8 Å². The fraction of sp³-hybridized carbons (Fsp3) is 0.778. The second-order valence-corrected chi connectivity index (χ2v) is 7.69. The normalized spacial score (nSPS) is 23.5. The molecule has 2 fully saturated rings. The Labute approximate surface area is 154 Å². The third-order valence-electron chi connectivity index (χ3n) is 4.82. The number of ether oxygens (including phenoxy) is 2. The fourth-order valence-electron chi connectivity index (χ4n) is 3.57. The quantitative estimate of drug-likeness (QED) is 0.707. The van der Waals surface area contributed by atoms with Crippen molar-refractivity contribution in [2.75, 3.05) is 37.7 Å². The fourth-order valence-corrected chi connectivity index (χ4v) is 4.49. The average molecular weight is 368 g/mol. The molecule has 0 bridgehead atoms. The molecule has 0 aromatic carbocycles. The SMILES string of the molecule is CCN(C(C)=O)c1nc(CN(C[C@@H]2CCCO2)C[C@@H]2CCCO2)cs1. The molecule has 3 rings (SSSR count). The summed E-state index contributed by atoms with van der Waals surface area (Å²) in [6.45, 7) is 8.61. The van der Waals surface area contributed by atoms with E-state index in [9.17, 15) is 4.79 Å². The Morgan fingerprint density at radius 1 is 1.24 bits per heavy atom. The zero-order valence-corrected chi connectivity index (χ0v) is 16.1. The van der Waals surface area contributed by atoms with E-state index in [4.69, 9.17) is 14.5 Å². The van der Waals surface area contributed by atoms with Crippen LogP contribution in [0.5, 0.6) is 0 Å². The number of carbonyl (C=O) groups is 1. The second-order valence-electron chi connectivity index (χ2n) is 6.85. The summed E-state index contributed by atoms with van der Waals surface area (Å²) in [6.07, 6.45) is 5.23. The van der Waals surface area contributed by atoms with Crippen LogP contribution in [0.15, 0.2) is 5.38 Å². The third kappa shape index (κ3) is 5.23. The number of carbonyl (C=O) groups excluding carboxylic acids is 1. The summed E-state index contributed by atoms with van der Waals surface area (Å²) in [5.74, 6) is 0.0407. The van der Waals surface area contributed by atoms with E-state index >= 15 is 0 Å². The van der Waals surface area contributed by atoms with Gasteiger partial charge in [-0.2, -0.15) is 0 Å². The number of aromatic nitrogens is 1. The zero-order valence-electron chi connectivity index (χ0n) is 15.3. The lowest BCUT2D eigenvalue weighted by molar-refractivity contribution is -0.116. The van der Waals surface area contributed by atoms with E-state index in [1.807, 2.05) is 6.92 Å². The van der Waals surface area contributed by atoms with Crippen molar-refractivity contribution in [3.05, 3.63) is 11.1 Å². The minimum Gasteiger partial charge on any atom is -0.377 e. The van der Waals surface area contributed by atoms with Crippen LogP contribution in [0, 0.1) is 0 Å². The maximum atomic E-state index is 11.7. The number of hydrogen-bond donors (Lipinski definition) is 0. The highest BCUT2D eigenvalue weighted by atomic mass is 32.1. The molecular weight excluding hydrogens is 338 g/mol. The van der Waals surface area contributed by atoms with Crippen LogP contribution < -0.4 is 4.90 Å². The van der Waals surface area contributed by atoms with Crippen molar-refractivity contribution in [2.24, 2.45) is 0 Å². The highest BCUT2D eigenvalue weighted by Crippen LogP contribution is 2.23. The Hall–Kier alpha value is -1.02. The van der Waals surface area contributed by atoms with Crippen LogP contribution >= 0.6 is 11.3 Å². The Morgan fingerprint density at radius 3 is 2.36 bits per heavy atom. The van der Waals surface area contributed by atoms with E-state index in [2.05, 4.69) is 10.3 Å². The maximum Gasteiger partial charge on any atom is 0.225 e. The van der Waals surface area contributed by atoms with Gasteiger partial charge in [-0.25, -0.2) is 4.98 Å². The Bertz CT molecular complexity index is 536. The van der Waals surface area contributed by atoms with Crippen molar-refractivity contribution in [3.63, 3.8) is 0 Å². The second kappa shape index (κ2) is 9.07. The average Bonchev–Trinajstić information content (AvgIpc) is 3.31. The van der Waals surface area contributed by atoms with Crippen molar-refractivity contribution in [3.8, 4) is 0 Å². The van der Waals surface area contributed by atoms with Gasteiger partial charge in [0.05, 0.1) is 17.9 Å². The van der Waals surface area contributed by atoms with Gasteiger partial charge in [0, 0.05) is 51.7 Å². The number of amides is 1. The summed E-state index contributed by atoms with van der Waals surface area (Å²) in [6, 6.07) is 0. The van der Waals surface area contributed by atoms with Gasteiger partial charge in [0.15, 0.2) is 5.13 Å². The molecule has 2 saturated heterocycles. The van der Waals surface area contributed by atoms with Gasteiger partial charge in [-0.15, -0.1) is 11.3 Å². The van der Waals surface area contributed by atoms with Crippen LogP contribution in [0.25, 0.3) is 0 Å². The molecular formula is C18H29N3O3S. The van der Waals surface area contributed by atoms with Gasteiger partial charge in [-0.1, -0.05) is 0 Å². The van der Waals surface area contributed by atoms with Gasteiger partial charge in [0.1, 0.15) is 0 Å². The summed E-state index contributed by atoms with van der Waals surface area (Å²) in [5.41, 5.74) is 1.02. The topological polar surface area (TPSA) is 54.9 Å². The van der Waals surface area contributed by atoms with Crippen molar-refractivity contribution < 1.29 is 14.3 Å². The number of thiazole rings is 1. The number of nitrogens with zero attached hydrogens (tertiary/aromatic N) is 3. The number of hydrogen-bond acceptors (Lipinski definition) is 6. The first-order chi connectivity index (χ1) is 12.2. The van der Waals surface area contributed by atoms with E-state index in [-0.39, 0.29) is 5.91 Å². The first-order valence-electron chi connectivity index (χ1n) is 9.33. The maximum absolute atomic E-state index is 11.7. The molecule has 0 unspecified atom stereocenters. The van der Waals surface area contributed by atoms with Gasteiger partial charge < -0.3 is 9.47 Å². The molecule has 25 heavy (non-hydrogen) atoms. The molecule has 2 aliphatic rings. The Kier molecular flexibility index (Phi) is 6.81. The molecule has 6 nitrogen and oxygen atoms in total. The largest absolute Gasteiger partial charge is 0.377 e. The van der Waals surface area contributed by atoms with Crippen molar-refractivity contribution >= 4 is 22.4 Å². The molecule has 2 aliphatic heterocycles. The monoisotopic (exact) mass is 367 g/mol. The minimum absolute atomic E-state index is 0.0407. The number of rotatable bonds is 8. The predicted octanol–water partition coefficient (Wildman–Crippen LogP) is 2.68. The molecule has 3 heterocycles. The van der Waals surface area contributed by atoms with E-state index in [1.165, 1.54) is 0 Å². The molecule has 0 radical (unpaired) electrons. The molecule has 1 aromatic heterocycles. The standard InChI is InChI=1S/C18H29N3O3S/c1-3-21(14(2)22)18-19-15(13-25-18)10-20(11-16-6-4-8-23-16)12-17-7-5-9-24-17/h13,16-17H,3-12H2,1-2H3/t16-,17-/m0/s1. The van der Waals surface area contributed by atoms with Crippen LogP contribution in [0.3, 0.4) is 0 Å². The predicted molar refractivity (Wildman–Crippen MR) is 99.0 cm³/mol. The number of anilines is 1. The van der Waals surface area contributed by atoms with Crippen molar-refractivity contribution in [1.29, 1.82) is 0 Å². The smallest absolute Gasteiger partial charge is 0.225 e. The molecule has 0 N–H and O–H groups in total. The van der Waals surface area contributed by atoms with Crippen molar-refractivity contribution in [1.82, 2.24) is 9.88 Å². The van der Waals surface area contributed by atoms with Crippen LogP contribution in [0.1, 0.15) is 45.2 Å². The molecule has 7 heteroatoms. The highest BCUT2D eigenvalue weighted by molar-refractivity contribution is 7.14. The molecule has 1 aromatic rings. The molecule has 0 aliphatic carbocycles. The highest BCUT2D eigenvalue weighted by Gasteiger charge is 2.25. The van der Waals surface area contributed by atoms with E-state index in [0.29, 0.717) is 18.8 Å². The first kappa shape index (κ1) is 18.8. The van der Waals surface area contributed by atoms with Gasteiger partial charge in [-0.3, -0.25) is 14.6 Å². The van der Waals surface area contributed by atoms with E-state index in [1.54, 1.807) is 23.2 Å². The molecule has 1 amide bonds. The summed E-state index contributed by atoms with van der Waals surface area (Å²) < 4.78 is 11.6. The summed E-state index contributed by atoms with van der Waals surface area (Å²) in [4.78, 5) is 20.5. The van der Waals surface area contributed by atoms with Crippen LogP contribution in [-0.4, -0.2) is 60.8 Å². The molecule has 2 atom stereocenters. The summed E-state index contributed by atoms with van der Waals surface area (Å²) >= 11 is 1.54.